The standard InChI is InChI=1S/C24H21F2N5O5S/c1-15-8-10-16(11-9-15)37(32,33)31-21-20(36-18-7-4-3-6-17(18)34-2)24(35-14-19(25)26)30-23(29-21)22-27-12-5-13-28-22/h3-13,19H,14H2,1-2H3,(H,29,30,31). The molecule has 10 nitrogen and oxygen atoms in total. The first-order valence-electron chi connectivity index (χ1n) is 10.8. The Kier molecular flexibility index (Phi) is 7.72. The predicted octanol–water partition coefficient (Wildman–Crippen LogP) is 4.49. The molecule has 0 unspecified atom stereocenters. The molecule has 4 rings (SSSR count). The zero-order chi connectivity index (χ0) is 26.4. The molecule has 0 aliphatic rings. The van der Waals surface area contributed by atoms with Crippen LogP contribution in [0.2, 0.25) is 0 Å². The number of hydrogen-bond acceptors (Lipinski definition) is 9. The molecular formula is C24H21F2N5O5S. The summed E-state index contributed by atoms with van der Waals surface area (Å²) in [5, 5.41) is 0. The van der Waals surface area contributed by atoms with E-state index in [-0.39, 0.29) is 39.6 Å². The molecule has 192 valence electrons. The number of rotatable bonds is 10. The summed E-state index contributed by atoms with van der Waals surface area (Å²) < 4.78 is 71.4. The third-order valence-electron chi connectivity index (χ3n) is 4.79. The molecule has 0 saturated heterocycles. The minimum atomic E-state index is -4.20. The molecule has 2 aromatic heterocycles. The minimum Gasteiger partial charge on any atom is -0.493 e. The smallest absolute Gasteiger partial charge is 0.272 e. The molecule has 0 bridgehead atoms. The van der Waals surface area contributed by atoms with E-state index in [1.54, 1.807) is 36.4 Å². The Hall–Kier alpha value is -4.39. The van der Waals surface area contributed by atoms with Gasteiger partial charge in [-0.1, -0.05) is 29.8 Å². The molecule has 0 amide bonds. The van der Waals surface area contributed by atoms with Gasteiger partial charge in [0.15, 0.2) is 29.7 Å². The van der Waals surface area contributed by atoms with E-state index in [4.69, 9.17) is 14.2 Å². The highest BCUT2D eigenvalue weighted by molar-refractivity contribution is 7.92. The first-order chi connectivity index (χ1) is 17.8. The molecule has 2 aromatic carbocycles. The van der Waals surface area contributed by atoms with Gasteiger partial charge in [0, 0.05) is 12.4 Å². The van der Waals surface area contributed by atoms with E-state index in [9.17, 15) is 17.2 Å². The maximum absolute atomic E-state index is 13.2. The van der Waals surface area contributed by atoms with Crippen molar-refractivity contribution in [3.63, 3.8) is 0 Å². The Morgan fingerprint density at radius 3 is 2.24 bits per heavy atom. The van der Waals surface area contributed by atoms with Crippen molar-refractivity contribution in [2.24, 2.45) is 0 Å². The van der Waals surface area contributed by atoms with E-state index in [1.807, 2.05) is 6.92 Å². The van der Waals surface area contributed by atoms with Crippen molar-refractivity contribution in [1.82, 2.24) is 19.9 Å². The van der Waals surface area contributed by atoms with Gasteiger partial charge >= 0.3 is 0 Å². The second kappa shape index (κ2) is 11.1. The number of alkyl halides is 2. The number of nitrogens with zero attached hydrogens (tertiary/aromatic N) is 4. The van der Waals surface area contributed by atoms with Crippen molar-refractivity contribution in [2.45, 2.75) is 18.2 Å². The third-order valence-corrected chi connectivity index (χ3v) is 6.14. The normalized spacial score (nSPS) is 11.3. The number of halogens is 2. The Labute approximate surface area is 211 Å². The predicted molar refractivity (Wildman–Crippen MR) is 130 cm³/mol. The number of ether oxygens (including phenoxy) is 3. The second-order valence-electron chi connectivity index (χ2n) is 7.48. The number of anilines is 1. The van der Waals surface area contributed by atoms with Crippen LogP contribution in [0.25, 0.3) is 11.6 Å². The van der Waals surface area contributed by atoms with Crippen molar-refractivity contribution in [3.8, 4) is 34.8 Å². The lowest BCUT2D eigenvalue weighted by molar-refractivity contribution is 0.0783. The van der Waals surface area contributed by atoms with Gasteiger partial charge in [0.05, 0.1) is 12.0 Å². The van der Waals surface area contributed by atoms with Gasteiger partial charge in [-0.3, -0.25) is 4.72 Å². The number of hydrogen-bond donors (Lipinski definition) is 1. The summed E-state index contributed by atoms with van der Waals surface area (Å²) >= 11 is 0. The summed E-state index contributed by atoms with van der Waals surface area (Å²) in [6, 6.07) is 14.1. The number of nitrogens with one attached hydrogen (secondary N) is 1. The molecule has 4 aromatic rings. The summed E-state index contributed by atoms with van der Waals surface area (Å²) in [6.45, 7) is 0.769. The Balaban J connectivity index is 1.89. The zero-order valence-electron chi connectivity index (χ0n) is 19.6. The van der Waals surface area contributed by atoms with E-state index in [0.29, 0.717) is 0 Å². The monoisotopic (exact) mass is 529 g/mol. The van der Waals surface area contributed by atoms with Gasteiger partial charge in [-0.25, -0.2) is 32.2 Å². The number of methoxy groups -OCH3 is 1. The fraction of sp³-hybridized carbons (Fsp3) is 0.167. The molecule has 0 spiro atoms. The van der Waals surface area contributed by atoms with Gasteiger partial charge in [0.1, 0.15) is 0 Å². The number of aryl methyl sites for hydroxylation is 1. The van der Waals surface area contributed by atoms with Gasteiger partial charge in [0.25, 0.3) is 22.3 Å². The number of para-hydroxylation sites is 2. The minimum absolute atomic E-state index is 0.00372. The van der Waals surface area contributed by atoms with Gasteiger partial charge in [-0.2, -0.15) is 4.98 Å². The first kappa shape index (κ1) is 25.7. The quantitative estimate of drug-likeness (QED) is 0.316. The van der Waals surface area contributed by atoms with Crippen LogP contribution in [0.5, 0.6) is 23.1 Å². The molecule has 0 aliphatic heterocycles. The lowest BCUT2D eigenvalue weighted by Gasteiger charge is -2.18. The van der Waals surface area contributed by atoms with E-state index in [2.05, 4.69) is 24.7 Å². The Morgan fingerprint density at radius 1 is 0.919 bits per heavy atom. The van der Waals surface area contributed by atoms with Crippen LogP contribution in [-0.2, 0) is 10.0 Å². The van der Waals surface area contributed by atoms with Crippen LogP contribution in [0.3, 0.4) is 0 Å². The zero-order valence-corrected chi connectivity index (χ0v) is 20.4. The lowest BCUT2D eigenvalue weighted by atomic mass is 10.2. The van der Waals surface area contributed by atoms with Crippen LogP contribution in [0.15, 0.2) is 71.9 Å². The number of sulfonamides is 1. The molecule has 2 heterocycles. The highest BCUT2D eigenvalue weighted by atomic mass is 32.2. The van der Waals surface area contributed by atoms with Crippen molar-refractivity contribution < 1.29 is 31.4 Å². The first-order valence-corrected chi connectivity index (χ1v) is 12.3. The molecule has 0 atom stereocenters. The number of benzene rings is 2. The average Bonchev–Trinajstić information content (AvgIpc) is 2.89. The topological polar surface area (TPSA) is 125 Å². The van der Waals surface area contributed by atoms with Crippen molar-refractivity contribution in [1.29, 1.82) is 0 Å². The molecule has 0 fully saturated rings. The van der Waals surface area contributed by atoms with E-state index in [0.717, 1.165) is 5.56 Å². The highest BCUT2D eigenvalue weighted by Gasteiger charge is 2.26. The Morgan fingerprint density at radius 2 is 1.59 bits per heavy atom. The molecule has 0 aliphatic carbocycles. The van der Waals surface area contributed by atoms with Crippen LogP contribution >= 0.6 is 0 Å². The maximum Gasteiger partial charge on any atom is 0.272 e. The molecule has 13 heteroatoms. The van der Waals surface area contributed by atoms with Gasteiger partial charge in [-0.15, -0.1) is 0 Å². The van der Waals surface area contributed by atoms with Gasteiger partial charge in [0.2, 0.25) is 11.6 Å². The number of aromatic nitrogens is 4. The molecular weight excluding hydrogens is 508 g/mol. The van der Waals surface area contributed by atoms with E-state index in [1.165, 1.54) is 37.7 Å². The third kappa shape index (κ3) is 6.25. The molecule has 37 heavy (non-hydrogen) atoms. The van der Waals surface area contributed by atoms with Crippen LogP contribution < -0.4 is 18.9 Å². The average molecular weight is 530 g/mol. The van der Waals surface area contributed by atoms with Gasteiger partial charge < -0.3 is 14.2 Å². The van der Waals surface area contributed by atoms with E-state index >= 15 is 0 Å². The van der Waals surface area contributed by atoms with E-state index < -0.39 is 28.9 Å². The summed E-state index contributed by atoms with van der Waals surface area (Å²) in [7, 11) is -2.80. The summed E-state index contributed by atoms with van der Waals surface area (Å²) in [6.07, 6.45) is -0.0140. The van der Waals surface area contributed by atoms with Crippen LogP contribution in [0, 0.1) is 6.92 Å². The molecule has 0 saturated carbocycles. The fourth-order valence-corrected chi connectivity index (χ4v) is 4.07. The van der Waals surface area contributed by atoms with Crippen molar-refractivity contribution in [3.05, 3.63) is 72.6 Å². The largest absolute Gasteiger partial charge is 0.493 e. The summed E-state index contributed by atoms with van der Waals surface area (Å²) in [5.41, 5.74) is 0.854. The second-order valence-corrected chi connectivity index (χ2v) is 9.16. The fourth-order valence-electron chi connectivity index (χ4n) is 3.06. The molecule has 0 radical (unpaired) electrons. The highest BCUT2D eigenvalue weighted by Crippen LogP contribution is 2.41. The summed E-state index contributed by atoms with van der Waals surface area (Å²) in [5.74, 6) is -0.957. The van der Waals surface area contributed by atoms with Gasteiger partial charge in [-0.05, 0) is 37.3 Å². The van der Waals surface area contributed by atoms with Crippen LogP contribution in [0.1, 0.15) is 5.56 Å². The van der Waals surface area contributed by atoms with Crippen LogP contribution in [-0.4, -0.2) is 48.5 Å². The SMILES string of the molecule is COc1ccccc1Oc1c(NS(=O)(=O)c2ccc(C)cc2)nc(-c2ncccn2)nc1OCC(F)F. The van der Waals surface area contributed by atoms with Crippen molar-refractivity contribution in [2.75, 3.05) is 18.4 Å². The molecule has 1 N–H and O–H groups in total. The van der Waals surface area contributed by atoms with Crippen LogP contribution in [0.4, 0.5) is 14.6 Å². The maximum atomic E-state index is 13.2. The lowest BCUT2D eigenvalue weighted by Crippen LogP contribution is -2.17. The summed E-state index contributed by atoms with van der Waals surface area (Å²) in [4.78, 5) is 16.4. The Bertz CT molecular complexity index is 1470. The van der Waals surface area contributed by atoms with Crippen molar-refractivity contribution >= 4 is 15.8 Å².